The van der Waals surface area contributed by atoms with Gasteiger partial charge < -0.3 is 28.4 Å². The van der Waals surface area contributed by atoms with E-state index in [0.29, 0.717) is 19.8 Å². The first kappa shape index (κ1) is 20.3. The Labute approximate surface area is 138 Å². The number of esters is 1. The Kier molecular flexibility index (Phi) is 7.89. The molecule has 23 heavy (non-hydrogen) atoms. The van der Waals surface area contributed by atoms with E-state index in [1.165, 1.54) is 0 Å². The first-order valence-electron chi connectivity index (χ1n) is 7.85. The molecule has 7 nitrogen and oxygen atoms in total. The maximum Gasteiger partial charge on any atom is 0.309 e. The van der Waals surface area contributed by atoms with E-state index in [1.807, 2.05) is 34.6 Å². The highest BCUT2D eigenvalue weighted by Crippen LogP contribution is 2.27. The molecule has 1 rings (SSSR count). The maximum atomic E-state index is 12.1. The second-order valence-electron chi connectivity index (χ2n) is 6.88. The Balaban J connectivity index is 2.53. The fourth-order valence-corrected chi connectivity index (χ4v) is 2.08. The number of ether oxygens (including phenoxy) is 6. The van der Waals surface area contributed by atoms with E-state index in [1.54, 1.807) is 7.11 Å². The lowest BCUT2D eigenvalue weighted by atomic mass is 10.1. The summed E-state index contributed by atoms with van der Waals surface area (Å²) in [5.41, 5.74) is -0.539. The van der Waals surface area contributed by atoms with E-state index in [2.05, 4.69) is 0 Å². The summed E-state index contributed by atoms with van der Waals surface area (Å²) in [5.74, 6) is -1.02. The summed E-state index contributed by atoms with van der Waals surface area (Å²) in [7, 11) is 1.60. The molecule has 0 aromatic rings. The molecule has 0 aromatic heterocycles. The van der Waals surface area contributed by atoms with Crippen LogP contribution in [0.25, 0.3) is 0 Å². The second kappa shape index (κ2) is 8.94. The van der Waals surface area contributed by atoms with Crippen molar-refractivity contribution in [1.82, 2.24) is 0 Å². The highest BCUT2D eigenvalue weighted by atomic mass is 16.8. The Morgan fingerprint density at radius 2 is 2.00 bits per heavy atom. The van der Waals surface area contributed by atoms with Gasteiger partial charge in [-0.3, -0.25) is 4.79 Å². The van der Waals surface area contributed by atoms with Crippen LogP contribution < -0.4 is 0 Å². The van der Waals surface area contributed by atoms with Crippen molar-refractivity contribution in [2.75, 3.05) is 33.7 Å². The van der Waals surface area contributed by atoms with Gasteiger partial charge in [-0.2, -0.15) is 0 Å². The van der Waals surface area contributed by atoms with Crippen LogP contribution in [0.4, 0.5) is 0 Å². The van der Waals surface area contributed by atoms with E-state index in [0.717, 1.165) is 0 Å². The van der Waals surface area contributed by atoms with Gasteiger partial charge in [0.25, 0.3) is 0 Å². The molecule has 0 amide bonds. The van der Waals surface area contributed by atoms with Crippen molar-refractivity contribution in [2.45, 2.75) is 64.6 Å². The summed E-state index contributed by atoms with van der Waals surface area (Å²) < 4.78 is 32.5. The minimum absolute atomic E-state index is 0.0527. The molecular formula is C16H30O7. The maximum absolute atomic E-state index is 12.1. The topological polar surface area (TPSA) is 72.5 Å². The predicted molar refractivity (Wildman–Crippen MR) is 82.9 cm³/mol. The molecule has 136 valence electrons. The zero-order valence-electron chi connectivity index (χ0n) is 15.0. The third-order valence-electron chi connectivity index (χ3n) is 3.03. The summed E-state index contributed by atoms with van der Waals surface area (Å²) in [4.78, 5) is 12.1. The Hall–Kier alpha value is -0.730. The number of hydrogen-bond acceptors (Lipinski definition) is 7. The van der Waals surface area contributed by atoms with Crippen molar-refractivity contribution in [3.05, 3.63) is 0 Å². The smallest absolute Gasteiger partial charge is 0.309 e. The van der Waals surface area contributed by atoms with Crippen molar-refractivity contribution in [3.63, 3.8) is 0 Å². The van der Waals surface area contributed by atoms with Crippen LogP contribution in [0.1, 0.15) is 41.0 Å². The Bertz CT molecular complexity index is 362. The Morgan fingerprint density at radius 3 is 2.52 bits per heavy atom. The molecule has 0 bridgehead atoms. The second-order valence-corrected chi connectivity index (χ2v) is 6.88. The van der Waals surface area contributed by atoms with Crippen LogP contribution in [-0.4, -0.2) is 63.3 Å². The van der Waals surface area contributed by atoms with Gasteiger partial charge in [-0.25, -0.2) is 0 Å². The van der Waals surface area contributed by atoms with Crippen molar-refractivity contribution in [3.8, 4) is 0 Å². The van der Waals surface area contributed by atoms with Gasteiger partial charge in [-0.1, -0.05) is 0 Å². The quantitative estimate of drug-likeness (QED) is 0.362. The molecule has 2 atom stereocenters. The van der Waals surface area contributed by atoms with E-state index in [9.17, 15) is 4.79 Å². The molecule has 1 heterocycles. The Morgan fingerprint density at radius 1 is 1.30 bits per heavy atom. The summed E-state index contributed by atoms with van der Waals surface area (Å²) in [5, 5.41) is 0. The van der Waals surface area contributed by atoms with Crippen LogP contribution in [-0.2, 0) is 33.2 Å². The number of hydrogen-bond donors (Lipinski definition) is 0. The first-order valence-corrected chi connectivity index (χ1v) is 7.85. The SMILES string of the molecule is COCCOCO[C@@H](CC(=O)OC(C)(C)C)[C@@H]1COC(C)(C)O1. The third-order valence-corrected chi connectivity index (χ3v) is 3.03. The van der Waals surface area contributed by atoms with E-state index in [4.69, 9.17) is 28.4 Å². The molecular weight excluding hydrogens is 304 g/mol. The lowest BCUT2D eigenvalue weighted by molar-refractivity contribution is -0.184. The zero-order valence-corrected chi connectivity index (χ0v) is 15.0. The van der Waals surface area contributed by atoms with Gasteiger partial charge in [0.05, 0.1) is 32.3 Å². The minimum atomic E-state index is -0.683. The molecule has 1 saturated heterocycles. The monoisotopic (exact) mass is 334 g/mol. The molecule has 7 heteroatoms. The molecule has 0 N–H and O–H groups in total. The fourth-order valence-electron chi connectivity index (χ4n) is 2.08. The fraction of sp³-hybridized carbons (Fsp3) is 0.938. The number of carbonyl (C=O) groups is 1. The molecule has 0 aromatic carbocycles. The van der Waals surface area contributed by atoms with Crippen LogP contribution in [0.2, 0.25) is 0 Å². The van der Waals surface area contributed by atoms with Crippen LogP contribution in [0.5, 0.6) is 0 Å². The van der Waals surface area contributed by atoms with E-state index >= 15 is 0 Å². The standard InChI is InChI=1S/C16H30O7/c1-15(2,3)23-14(17)9-12(20-11-19-8-7-18-6)13-10-21-16(4,5)22-13/h12-13H,7-11H2,1-6H3/t12-,13-/m0/s1. The number of rotatable bonds is 9. The van der Waals surface area contributed by atoms with Crippen molar-refractivity contribution in [2.24, 2.45) is 0 Å². The molecule has 1 aliphatic heterocycles. The molecule has 0 saturated carbocycles. The van der Waals surface area contributed by atoms with Gasteiger partial charge >= 0.3 is 5.97 Å². The third kappa shape index (κ3) is 8.62. The summed E-state index contributed by atoms with van der Waals surface area (Å²) >= 11 is 0. The van der Waals surface area contributed by atoms with Crippen LogP contribution >= 0.6 is 0 Å². The number of methoxy groups -OCH3 is 1. The lowest BCUT2D eigenvalue weighted by Gasteiger charge is -2.26. The van der Waals surface area contributed by atoms with Gasteiger partial charge in [-0.15, -0.1) is 0 Å². The number of carbonyl (C=O) groups excluding carboxylic acids is 1. The van der Waals surface area contributed by atoms with Crippen LogP contribution in [0, 0.1) is 0 Å². The predicted octanol–water partition coefficient (Wildman–Crippen LogP) is 1.88. The van der Waals surface area contributed by atoms with E-state index < -0.39 is 17.5 Å². The van der Waals surface area contributed by atoms with Crippen LogP contribution in [0.15, 0.2) is 0 Å². The van der Waals surface area contributed by atoms with Gasteiger partial charge in [0, 0.05) is 7.11 Å². The normalized spacial score (nSPS) is 22.1. The molecule has 0 unspecified atom stereocenters. The van der Waals surface area contributed by atoms with Crippen LogP contribution in [0.3, 0.4) is 0 Å². The average molecular weight is 334 g/mol. The summed E-state index contributed by atoms with van der Waals surface area (Å²) in [6.45, 7) is 10.4. The van der Waals surface area contributed by atoms with Gasteiger partial charge in [0.2, 0.25) is 0 Å². The highest BCUT2D eigenvalue weighted by Gasteiger charge is 2.39. The average Bonchev–Trinajstić information content (AvgIpc) is 2.75. The van der Waals surface area contributed by atoms with Crippen molar-refractivity contribution >= 4 is 5.97 Å². The molecule has 1 fully saturated rings. The largest absolute Gasteiger partial charge is 0.460 e. The van der Waals surface area contributed by atoms with Crippen molar-refractivity contribution < 1.29 is 33.2 Å². The molecule has 0 spiro atoms. The first-order chi connectivity index (χ1) is 10.6. The molecule has 1 aliphatic rings. The zero-order chi connectivity index (χ0) is 17.5. The molecule has 0 radical (unpaired) electrons. The van der Waals surface area contributed by atoms with Gasteiger partial charge in [-0.05, 0) is 34.6 Å². The van der Waals surface area contributed by atoms with Crippen molar-refractivity contribution in [1.29, 1.82) is 0 Å². The lowest BCUT2D eigenvalue weighted by Crippen LogP contribution is -2.37. The summed E-state index contributed by atoms with van der Waals surface area (Å²) in [6, 6.07) is 0. The molecule has 0 aliphatic carbocycles. The van der Waals surface area contributed by atoms with E-state index in [-0.39, 0.29) is 25.3 Å². The summed E-state index contributed by atoms with van der Waals surface area (Å²) in [6.07, 6.45) is -0.757. The van der Waals surface area contributed by atoms with Gasteiger partial charge in [0.15, 0.2) is 5.79 Å². The van der Waals surface area contributed by atoms with Gasteiger partial charge in [0.1, 0.15) is 18.5 Å². The minimum Gasteiger partial charge on any atom is -0.460 e. The highest BCUT2D eigenvalue weighted by molar-refractivity contribution is 5.70.